The number of fused-ring (bicyclic) bond motifs is 1. The van der Waals surface area contributed by atoms with E-state index in [9.17, 15) is 4.79 Å². The third-order valence-electron chi connectivity index (χ3n) is 2.22. The van der Waals surface area contributed by atoms with Crippen LogP contribution in [0.4, 0.5) is 0 Å². The molecule has 16 heavy (non-hydrogen) atoms. The SMILES string of the molecule is COc1cc2c(c(OC)c1C(=O)O)OCO2. The van der Waals surface area contributed by atoms with Crippen LogP contribution in [0, 0.1) is 0 Å². The largest absolute Gasteiger partial charge is 0.496 e. The highest BCUT2D eigenvalue weighted by molar-refractivity contribution is 5.96. The number of hydrogen-bond acceptors (Lipinski definition) is 5. The van der Waals surface area contributed by atoms with Crippen molar-refractivity contribution >= 4 is 5.97 Å². The average molecular weight is 226 g/mol. The van der Waals surface area contributed by atoms with Crippen molar-refractivity contribution in [2.45, 2.75) is 0 Å². The standard InChI is InChI=1S/C10H10O6/c1-13-5-3-6-8(16-4-15-6)9(14-2)7(5)10(11)12/h3H,4H2,1-2H3,(H,11,12). The number of aromatic carboxylic acids is 1. The molecule has 0 atom stereocenters. The molecule has 0 aromatic heterocycles. The fraction of sp³-hybridized carbons (Fsp3) is 0.300. The molecule has 0 saturated heterocycles. The molecule has 86 valence electrons. The third kappa shape index (κ3) is 1.39. The maximum atomic E-state index is 11.1. The van der Waals surface area contributed by atoms with Crippen molar-refractivity contribution in [3.05, 3.63) is 11.6 Å². The summed E-state index contributed by atoms with van der Waals surface area (Å²) in [5.74, 6) is -0.153. The molecule has 0 amide bonds. The van der Waals surface area contributed by atoms with Crippen LogP contribution in [-0.2, 0) is 0 Å². The third-order valence-corrected chi connectivity index (χ3v) is 2.22. The molecule has 0 unspecified atom stereocenters. The number of ether oxygens (including phenoxy) is 4. The van der Waals surface area contributed by atoms with Crippen molar-refractivity contribution < 1.29 is 28.8 Å². The first kappa shape index (κ1) is 10.4. The predicted octanol–water partition coefficient (Wildman–Crippen LogP) is 1.13. The lowest BCUT2D eigenvalue weighted by atomic mass is 10.1. The molecular formula is C10H10O6. The Morgan fingerprint density at radius 2 is 2.12 bits per heavy atom. The van der Waals surface area contributed by atoms with Crippen LogP contribution in [0.2, 0.25) is 0 Å². The molecular weight excluding hydrogens is 216 g/mol. The van der Waals surface area contributed by atoms with Crippen molar-refractivity contribution in [3.8, 4) is 23.0 Å². The molecule has 1 aliphatic rings. The van der Waals surface area contributed by atoms with E-state index in [-0.39, 0.29) is 23.9 Å². The lowest BCUT2D eigenvalue weighted by molar-refractivity contribution is 0.0688. The summed E-state index contributed by atoms with van der Waals surface area (Å²) in [6.07, 6.45) is 0. The monoisotopic (exact) mass is 226 g/mol. The average Bonchev–Trinajstić information content (AvgIpc) is 2.73. The zero-order chi connectivity index (χ0) is 11.7. The van der Waals surface area contributed by atoms with Gasteiger partial charge >= 0.3 is 5.97 Å². The van der Waals surface area contributed by atoms with Crippen molar-refractivity contribution in [1.29, 1.82) is 0 Å². The summed E-state index contributed by atoms with van der Waals surface area (Å²) < 4.78 is 20.3. The van der Waals surface area contributed by atoms with Crippen molar-refractivity contribution in [2.75, 3.05) is 21.0 Å². The Kier molecular flexibility index (Phi) is 2.47. The van der Waals surface area contributed by atoms with E-state index in [0.29, 0.717) is 11.5 Å². The van der Waals surface area contributed by atoms with E-state index >= 15 is 0 Å². The Morgan fingerprint density at radius 1 is 1.38 bits per heavy atom. The van der Waals surface area contributed by atoms with Gasteiger partial charge in [0.25, 0.3) is 0 Å². The molecule has 0 spiro atoms. The van der Waals surface area contributed by atoms with Gasteiger partial charge in [-0.2, -0.15) is 0 Å². The fourth-order valence-electron chi connectivity index (χ4n) is 1.55. The van der Waals surface area contributed by atoms with Crippen molar-refractivity contribution in [2.24, 2.45) is 0 Å². The molecule has 1 aliphatic heterocycles. The number of carboxylic acids is 1. The number of carbonyl (C=O) groups is 1. The Labute approximate surface area is 91.3 Å². The minimum absolute atomic E-state index is 0.0396. The van der Waals surface area contributed by atoms with Gasteiger partial charge < -0.3 is 24.1 Å². The summed E-state index contributed by atoms with van der Waals surface area (Å²) in [4.78, 5) is 11.1. The highest BCUT2D eigenvalue weighted by Crippen LogP contribution is 2.47. The number of rotatable bonds is 3. The maximum Gasteiger partial charge on any atom is 0.343 e. The number of methoxy groups -OCH3 is 2. The minimum Gasteiger partial charge on any atom is -0.496 e. The molecule has 0 radical (unpaired) electrons. The molecule has 0 bridgehead atoms. The first-order valence-electron chi connectivity index (χ1n) is 4.47. The first-order chi connectivity index (χ1) is 7.69. The topological polar surface area (TPSA) is 74.2 Å². The van der Waals surface area contributed by atoms with Crippen molar-refractivity contribution in [1.82, 2.24) is 0 Å². The van der Waals surface area contributed by atoms with Crippen LogP contribution < -0.4 is 18.9 Å². The second kappa shape index (κ2) is 3.80. The van der Waals surface area contributed by atoms with E-state index in [4.69, 9.17) is 24.1 Å². The lowest BCUT2D eigenvalue weighted by Crippen LogP contribution is -2.04. The summed E-state index contributed by atoms with van der Waals surface area (Å²) in [6, 6.07) is 1.47. The summed E-state index contributed by atoms with van der Waals surface area (Å²) >= 11 is 0. The molecule has 1 aromatic carbocycles. The van der Waals surface area contributed by atoms with Crippen LogP contribution in [0.5, 0.6) is 23.0 Å². The van der Waals surface area contributed by atoms with Crippen LogP contribution in [0.1, 0.15) is 10.4 Å². The molecule has 6 nitrogen and oxygen atoms in total. The van der Waals surface area contributed by atoms with Gasteiger partial charge in [-0.3, -0.25) is 0 Å². The second-order valence-electron chi connectivity index (χ2n) is 3.03. The Morgan fingerprint density at radius 3 is 2.69 bits per heavy atom. The highest BCUT2D eigenvalue weighted by atomic mass is 16.7. The van der Waals surface area contributed by atoms with Gasteiger partial charge in [0.05, 0.1) is 14.2 Å². The van der Waals surface area contributed by atoms with E-state index in [1.807, 2.05) is 0 Å². The van der Waals surface area contributed by atoms with Crippen LogP contribution >= 0.6 is 0 Å². The molecule has 1 N–H and O–H groups in total. The van der Waals surface area contributed by atoms with Gasteiger partial charge in [0.15, 0.2) is 11.5 Å². The van der Waals surface area contributed by atoms with Gasteiger partial charge in [0, 0.05) is 6.07 Å². The Bertz CT molecular complexity index is 439. The zero-order valence-electron chi connectivity index (χ0n) is 8.77. The van der Waals surface area contributed by atoms with E-state index < -0.39 is 5.97 Å². The number of carboxylic acid groups (broad SMARTS) is 1. The van der Waals surface area contributed by atoms with Gasteiger partial charge in [-0.25, -0.2) is 4.79 Å². The van der Waals surface area contributed by atoms with E-state index in [2.05, 4.69) is 0 Å². The van der Waals surface area contributed by atoms with Crippen LogP contribution in [0.25, 0.3) is 0 Å². The maximum absolute atomic E-state index is 11.1. The van der Waals surface area contributed by atoms with Gasteiger partial charge in [-0.1, -0.05) is 0 Å². The Balaban J connectivity index is 2.69. The van der Waals surface area contributed by atoms with Crippen LogP contribution in [0.3, 0.4) is 0 Å². The van der Waals surface area contributed by atoms with Gasteiger partial charge in [0.1, 0.15) is 11.3 Å². The molecule has 0 saturated carbocycles. The van der Waals surface area contributed by atoms with E-state index in [0.717, 1.165) is 0 Å². The highest BCUT2D eigenvalue weighted by Gasteiger charge is 2.29. The smallest absolute Gasteiger partial charge is 0.343 e. The van der Waals surface area contributed by atoms with Crippen LogP contribution in [-0.4, -0.2) is 32.1 Å². The zero-order valence-corrected chi connectivity index (χ0v) is 8.77. The Hall–Kier alpha value is -2.11. The molecule has 0 aliphatic carbocycles. The second-order valence-corrected chi connectivity index (χ2v) is 3.03. The van der Waals surface area contributed by atoms with Gasteiger partial charge in [-0.15, -0.1) is 0 Å². The lowest BCUT2D eigenvalue weighted by Gasteiger charge is -2.11. The summed E-state index contributed by atoms with van der Waals surface area (Å²) in [5.41, 5.74) is -0.0748. The van der Waals surface area contributed by atoms with Crippen LogP contribution in [0.15, 0.2) is 6.07 Å². The summed E-state index contributed by atoms with van der Waals surface area (Å²) in [7, 11) is 2.74. The van der Waals surface area contributed by atoms with Crippen molar-refractivity contribution in [3.63, 3.8) is 0 Å². The summed E-state index contributed by atoms with van der Waals surface area (Å²) in [5, 5.41) is 9.08. The molecule has 1 aromatic rings. The van der Waals surface area contributed by atoms with Gasteiger partial charge in [-0.05, 0) is 0 Å². The molecule has 2 rings (SSSR count). The van der Waals surface area contributed by atoms with Gasteiger partial charge in [0.2, 0.25) is 12.5 Å². The van der Waals surface area contributed by atoms with E-state index in [1.54, 1.807) is 0 Å². The number of hydrogen-bond donors (Lipinski definition) is 1. The minimum atomic E-state index is -1.15. The molecule has 6 heteroatoms. The molecule has 0 fully saturated rings. The normalized spacial score (nSPS) is 12.4. The first-order valence-corrected chi connectivity index (χ1v) is 4.47. The predicted molar refractivity (Wildman–Crippen MR) is 52.6 cm³/mol. The fourth-order valence-corrected chi connectivity index (χ4v) is 1.55. The molecule has 1 heterocycles. The number of benzene rings is 1. The van der Waals surface area contributed by atoms with E-state index in [1.165, 1.54) is 20.3 Å². The summed E-state index contributed by atoms with van der Waals surface area (Å²) in [6.45, 7) is 0.0396. The quantitative estimate of drug-likeness (QED) is 0.832.